The van der Waals surface area contributed by atoms with E-state index in [0.717, 1.165) is 31.5 Å². The van der Waals surface area contributed by atoms with Crippen molar-refractivity contribution in [3.05, 3.63) is 21.5 Å². The van der Waals surface area contributed by atoms with Gasteiger partial charge in [-0.15, -0.1) is 11.6 Å². The van der Waals surface area contributed by atoms with Crippen molar-refractivity contribution >= 4 is 17.3 Å². The van der Waals surface area contributed by atoms with Crippen LogP contribution in [0.1, 0.15) is 44.5 Å². The molecule has 1 heterocycles. The largest absolute Gasteiger partial charge is 0.313 e. The van der Waals surface area contributed by atoms with Gasteiger partial charge in [0.1, 0.15) is 11.4 Å². The Morgan fingerprint density at radius 3 is 2.50 bits per heavy atom. The van der Waals surface area contributed by atoms with Crippen LogP contribution < -0.4 is 0 Å². The molecule has 1 rings (SSSR count). The lowest BCUT2D eigenvalue weighted by atomic mass is 10.2. The molecule has 102 valence electrons. The van der Waals surface area contributed by atoms with Gasteiger partial charge in [0, 0.05) is 12.4 Å². The minimum atomic E-state index is -0.306. The third-order valence-electron chi connectivity index (χ3n) is 2.96. The molecule has 0 aliphatic rings. The minimum absolute atomic E-state index is 0.206. The van der Waals surface area contributed by atoms with Crippen LogP contribution in [0.2, 0.25) is 0 Å². The van der Waals surface area contributed by atoms with Gasteiger partial charge in [-0.2, -0.15) is 5.10 Å². The fourth-order valence-electron chi connectivity index (χ4n) is 2.06. The van der Waals surface area contributed by atoms with Crippen LogP contribution in [0.25, 0.3) is 0 Å². The van der Waals surface area contributed by atoms with E-state index in [1.807, 2.05) is 13.8 Å². The Labute approximate surface area is 112 Å². The highest BCUT2D eigenvalue weighted by molar-refractivity contribution is 6.17. The molecule has 0 aliphatic carbocycles. The molecule has 0 radical (unpaired) electrons. The molecular formula is C12H20ClN3O2. The van der Waals surface area contributed by atoms with Gasteiger partial charge in [-0.1, -0.05) is 20.3 Å². The maximum absolute atomic E-state index is 11.1. The van der Waals surface area contributed by atoms with Crippen molar-refractivity contribution in [2.24, 2.45) is 0 Å². The van der Waals surface area contributed by atoms with E-state index in [4.69, 9.17) is 11.6 Å². The summed E-state index contributed by atoms with van der Waals surface area (Å²) in [6.07, 6.45) is 4.20. The molecule has 0 saturated carbocycles. The fourth-order valence-corrected chi connectivity index (χ4v) is 2.25. The standard InChI is InChI=1S/C12H20ClN3O2/c1-3-10-12(16(17)18)11(4-2)15(14-10)9-7-5-6-8-13/h3-9H2,1-2H3. The molecule has 0 spiro atoms. The summed E-state index contributed by atoms with van der Waals surface area (Å²) in [5, 5.41) is 15.4. The average Bonchev–Trinajstić information content (AvgIpc) is 2.72. The van der Waals surface area contributed by atoms with Crippen molar-refractivity contribution in [2.45, 2.75) is 52.5 Å². The maximum atomic E-state index is 11.1. The molecule has 0 bridgehead atoms. The zero-order valence-corrected chi connectivity index (χ0v) is 11.7. The SMILES string of the molecule is CCc1nn(CCCCCCl)c(CC)c1[N+](=O)[O-]. The first-order valence-electron chi connectivity index (χ1n) is 6.44. The highest BCUT2D eigenvalue weighted by Gasteiger charge is 2.24. The van der Waals surface area contributed by atoms with Crippen LogP contribution in [0, 0.1) is 10.1 Å². The highest BCUT2D eigenvalue weighted by Crippen LogP contribution is 2.25. The first-order chi connectivity index (χ1) is 8.65. The summed E-state index contributed by atoms with van der Waals surface area (Å²) in [6, 6.07) is 0. The van der Waals surface area contributed by atoms with E-state index in [1.165, 1.54) is 0 Å². The molecule has 0 amide bonds. The van der Waals surface area contributed by atoms with Crippen molar-refractivity contribution in [3.8, 4) is 0 Å². The van der Waals surface area contributed by atoms with Gasteiger partial charge in [0.2, 0.25) is 0 Å². The lowest BCUT2D eigenvalue weighted by molar-refractivity contribution is -0.386. The van der Waals surface area contributed by atoms with Gasteiger partial charge < -0.3 is 0 Å². The van der Waals surface area contributed by atoms with E-state index in [2.05, 4.69) is 5.10 Å². The Kier molecular flexibility index (Phi) is 6.12. The molecule has 0 N–H and O–H groups in total. The van der Waals surface area contributed by atoms with Crippen molar-refractivity contribution < 1.29 is 4.92 Å². The van der Waals surface area contributed by atoms with E-state index >= 15 is 0 Å². The predicted molar refractivity (Wildman–Crippen MR) is 72.2 cm³/mol. The van der Waals surface area contributed by atoms with Crippen LogP contribution in [0.4, 0.5) is 5.69 Å². The number of nitrogens with zero attached hydrogens (tertiary/aromatic N) is 3. The van der Waals surface area contributed by atoms with Gasteiger partial charge in [0.05, 0.1) is 4.92 Å². The zero-order valence-electron chi connectivity index (χ0n) is 11.0. The normalized spacial score (nSPS) is 10.8. The molecule has 1 aromatic heterocycles. The molecule has 18 heavy (non-hydrogen) atoms. The zero-order chi connectivity index (χ0) is 13.5. The number of aryl methyl sites for hydroxylation is 2. The Morgan fingerprint density at radius 1 is 1.28 bits per heavy atom. The summed E-state index contributed by atoms with van der Waals surface area (Å²) >= 11 is 5.62. The number of hydrogen-bond acceptors (Lipinski definition) is 3. The molecule has 0 aromatic carbocycles. The quantitative estimate of drug-likeness (QED) is 0.316. The van der Waals surface area contributed by atoms with Gasteiger partial charge in [0.15, 0.2) is 0 Å². The lowest BCUT2D eigenvalue weighted by Crippen LogP contribution is -2.05. The predicted octanol–water partition coefficient (Wildman–Crippen LogP) is 3.33. The number of halogens is 1. The molecule has 0 saturated heterocycles. The van der Waals surface area contributed by atoms with Gasteiger partial charge in [-0.25, -0.2) is 0 Å². The van der Waals surface area contributed by atoms with E-state index < -0.39 is 0 Å². The second kappa shape index (κ2) is 7.36. The molecular weight excluding hydrogens is 254 g/mol. The first-order valence-corrected chi connectivity index (χ1v) is 6.98. The maximum Gasteiger partial charge on any atom is 0.313 e. The summed E-state index contributed by atoms with van der Waals surface area (Å²) in [4.78, 5) is 10.8. The summed E-state index contributed by atoms with van der Waals surface area (Å²) in [6.45, 7) is 4.56. The van der Waals surface area contributed by atoms with Gasteiger partial charge in [-0.3, -0.25) is 14.8 Å². The number of nitro groups is 1. The Morgan fingerprint density at radius 2 is 2.00 bits per heavy atom. The third-order valence-corrected chi connectivity index (χ3v) is 3.22. The summed E-state index contributed by atoms with van der Waals surface area (Å²) < 4.78 is 1.80. The van der Waals surface area contributed by atoms with Gasteiger partial charge >= 0.3 is 5.69 Å². The Balaban J connectivity index is 2.87. The lowest BCUT2D eigenvalue weighted by Gasteiger charge is -2.04. The van der Waals surface area contributed by atoms with Crippen LogP contribution in [-0.4, -0.2) is 20.6 Å². The van der Waals surface area contributed by atoms with E-state index in [1.54, 1.807) is 4.68 Å². The number of aromatic nitrogens is 2. The molecule has 6 heteroatoms. The van der Waals surface area contributed by atoms with E-state index in [-0.39, 0.29) is 10.6 Å². The first kappa shape index (κ1) is 15.0. The Bertz CT molecular complexity index is 404. The second-order valence-corrected chi connectivity index (χ2v) is 4.56. The van der Waals surface area contributed by atoms with E-state index in [0.29, 0.717) is 24.4 Å². The van der Waals surface area contributed by atoms with Crippen LogP contribution >= 0.6 is 11.6 Å². The van der Waals surface area contributed by atoms with Crippen molar-refractivity contribution in [1.29, 1.82) is 0 Å². The monoisotopic (exact) mass is 273 g/mol. The van der Waals surface area contributed by atoms with Crippen molar-refractivity contribution in [3.63, 3.8) is 0 Å². The summed E-state index contributed by atoms with van der Waals surface area (Å²) in [7, 11) is 0. The molecule has 0 fully saturated rings. The minimum Gasteiger partial charge on any atom is -0.262 e. The van der Waals surface area contributed by atoms with E-state index in [9.17, 15) is 10.1 Å². The molecule has 0 atom stereocenters. The number of hydrogen-bond donors (Lipinski definition) is 0. The van der Waals surface area contributed by atoms with Crippen molar-refractivity contribution in [2.75, 3.05) is 5.88 Å². The number of alkyl halides is 1. The number of unbranched alkanes of at least 4 members (excludes halogenated alkanes) is 2. The van der Waals surface area contributed by atoms with Crippen LogP contribution in [0.3, 0.4) is 0 Å². The topological polar surface area (TPSA) is 61.0 Å². The van der Waals surface area contributed by atoms with Crippen LogP contribution in [0.15, 0.2) is 0 Å². The van der Waals surface area contributed by atoms with Crippen LogP contribution in [0.5, 0.6) is 0 Å². The average molecular weight is 274 g/mol. The molecule has 1 aromatic rings. The fraction of sp³-hybridized carbons (Fsp3) is 0.750. The summed E-state index contributed by atoms with van der Waals surface area (Å²) in [5.41, 5.74) is 1.54. The summed E-state index contributed by atoms with van der Waals surface area (Å²) in [5.74, 6) is 0.667. The van der Waals surface area contributed by atoms with Crippen LogP contribution in [-0.2, 0) is 19.4 Å². The third kappa shape index (κ3) is 3.45. The molecule has 0 aliphatic heterocycles. The highest BCUT2D eigenvalue weighted by atomic mass is 35.5. The van der Waals surface area contributed by atoms with Crippen molar-refractivity contribution in [1.82, 2.24) is 9.78 Å². The van der Waals surface area contributed by atoms with Gasteiger partial charge in [0.25, 0.3) is 0 Å². The molecule has 0 unspecified atom stereocenters. The second-order valence-electron chi connectivity index (χ2n) is 4.18. The number of rotatable bonds is 8. The van der Waals surface area contributed by atoms with Gasteiger partial charge in [-0.05, 0) is 25.7 Å². The Hall–Kier alpha value is -1.10. The smallest absolute Gasteiger partial charge is 0.262 e. The molecule has 5 nitrogen and oxygen atoms in total.